The molecule has 3 nitrogen and oxygen atoms in total. The Morgan fingerprint density at radius 3 is 2.21 bits per heavy atom. The lowest BCUT2D eigenvalue weighted by Crippen LogP contribution is -2.35. The van der Waals surface area contributed by atoms with Crippen LogP contribution in [0.5, 0.6) is 0 Å². The summed E-state index contributed by atoms with van der Waals surface area (Å²) in [4.78, 5) is 0. The van der Waals surface area contributed by atoms with E-state index in [0.29, 0.717) is 6.61 Å². The van der Waals surface area contributed by atoms with E-state index in [1.165, 1.54) is 19.3 Å². The van der Waals surface area contributed by atoms with Gasteiger partial charge in [0.1, 0.15) is 0 Å². The lowest BCUT2D eigenvalue weighted by molar-refractivity contribution is -0.122. The highest BCUT2D eigenvalue weighted by atomic mass is 16.6. The summed E-state index contributed by atoms with van der Waals surface area (Å²) in [5.41, 5.74) is -0.0326. The van der Waals surface area contributed by atoms with Crippen molar-refractivity contribution in [2.75, 3.05) is 13.2 Å². The van der Waals surface area contributed by atoms with Crippen molar-refractivity contribution in [3.05, 3.63) is 0 Å². The van der Waals surface area contributed by atoms with Crippen molar-refractivity contribution in [3.63, 3.8) is 0 Å². The Bertz CT molecular complexity index is 208. The van der Waals surface area contributed by atoms with Crippen LogP contribution in [-0.2, 0) is 9.47 Å². The molecule has 0 aliphatic carbocycles. The smallest absolute Gasteiger partial charge is 0.0788 e. The van der Waals surface area contributed by atoms with Crippen molar-refractivity contribution >= 4 is 0 Å². The molecule has 116 valence electrons. The third kappa shape index (κ3) is 9.42. The van der Waals surface area contributed by atoms with E-state index in [1.54, 1.807) is 0 Å². The highest BCUT2D eigenvalue weighted by Crippen LogP contribution is 2.26. The largest absolute Gasteiger partial charge is 0.394 e. The fourth-order valence-corrected chi connectivity index (χ4v) is 2.39. The van der Waals surface area contributed by atoms with E-state index in [4.69, 9.17) is 14.6 Å². The summed E-state index contributed by atoms with van der Waals surface area (Å²) in [5, 5.41) is 8.94. The van der Waals surface area contributed by atoms with Gasteiger partial charge in [0.25, 0.3) is 0 Å². The second-order valence-electron chi connectivity index (χ2n) is 5.91. The molecule has 1 N–H and O–H groups in total. The van der Waals surface area contributed by atoms with Gasteiger partial charge < -0.3 is 14.6 Å². The van der Waals surface area contributed by atoms with Gasteiger partial charge in [-0.1, -0.05) is 39.5 Å². The third-order valence-electron chi connectivity index (χ3n) is 3.45. The molecule has 0 spiro atoms. The number of aliphatic hydroxyl groups is 1. The maximum Gasteiger partial charge on any atom is 0.0788 e. The molecule has 0 aromatic rings. The van der Waals surface area contributed by atoms with Crippen molar-refractivity contribution in [1.82, 2.24) is 0 Å². The van der Waals surface area contributed by atoms with Crippen LogP contribution in [0.4, 0.5) is 0 Å². The molecule has 0 saturated heterocycles. The van der Waals surface area contributed by atoms with Crippen LogP contribution in [0.3, 0.4) is 0 Å². The first-order chi connectivity index (χ1) is 8.97. The molecule has 3 heteroatoms. The van der Waals surface area contributed by atoms with Gasteiger partial charge in [0, 0.05) is 0 Å². The second-order valence-corrected chi connectivity index (χ2v) is 5.91. The minimum Gasteiger partial charge on any atom is -0.394 e. The minimum absolute atomic E-state index is 0.0326. The Labute approximate surface area is 119 Å². The van der Waals surface area contributed by atoms with Gasteiger partial charge in [-0.15, -0.1) is 0 Å². The van der Waals surface area contributed by atoms with Crippen LogP contribution in [-0.4, -0.2) is 36.1 Å². The monoisotopic (exact) mass is 274 g/mol. The molecule has 0 fully saturated rings. The zero-order valence-electron chi connectivity index (χ0n) is 13.6. The van der Waals surface area contributed by atoms with Gasteiger partial charge in [-0.3, -0.25) is 0 Å². The van der Waals surface area contributed by atoms with Gasteiger partial charge in [0.15, 0.2) is 0 Å². The van der Waals surface area contributed by atoms with E-state index in [-0.39, 0.29) is 24.4 Å². The number of ether oxygens (including phenoxy) is 2. The molecule has 3 atom stereocenters. The van der Waals surface area contributed by atoms with Gasteiger partial charge in [-0.05, 0) is 33.6 Å². The zero-order chi connectivity index (χ0) is 14.7. The summed E-state index contributed by atoms with van der Waals surface area (Å²) in [5.74, 6) is 0. The maximum absolute atomic E-state index is 8.94. The molecule has 0 bridgehead atoms. The molecular formula is C16H34O3. The molecule has 19 heavy (non-hydrogen) atoms. The fourth-order valence-electron chi connectivity index (χ4n) is 2.39. The normalized spacial score (nSPS) is 18.0. The number of unbranched alkanes of at least 4 members (excludes halogenated alkanes) is 2. The average molecular weight is 274 g/mol. The third-order valence-corrected chi connectivity index (χ3v) is 3.45. The van der Waals surface area contributed by atoms with Gasteiger partial charge in [0.05, 0.1) is 31.0 Å². The number of rotatable bonds is 12. The van der Waals surface area contributed by atoms with Gasteiger partial charge in [0.2, 0.25) is 0 Å². The van der Waals surface area contributed by atoms with Crippen LogP contribution in [0.15, 0.2) is 0 Å². The zero-order valence-corrected chi connectivity index (χ0v) is 13.6. The Hall–Kier alpha value is -0.120. The van der Waals surface area contributed by atoms with Crippen molar-refractivity contribution < 1.29 is 14.6 Å². The average Bonchev–Trinajstić information content (AvgIpc) is 2.36. The molecule has 0 rings (SSSR count). The van der Waals surface area contributed by atoms with Crippen molar-refractivity contribution in [2.45, 2.75) is 91.0 Å². The summed E-state index contributed by atoms with van der Waals surface area (Å²) in [6.45, 7) is 11.2. The summed E-state index contributed by atoms with van der Waals surface area (Å²) in [6, 6.07) is 0. The van der Waals surface area contributed by atoms with Crippen LogP contribution in [0, 0.1) is 0 Å². The van der Waals surface area contributed by atoms with Crippen molar-refractivity contribution in [3.8, 4) is 0 Å². The Morgan fingerprint density at radius 2 is 1.68 bits per heavy atom. The quantitative estimate of drug-likeness (QED) is 0.548. The molecule has 0 aromatic carbocycles. The van der Waals surface area contributed by atoms with Crippen LogP contribution in [0.2, 0.25) is 0 Å². The molecule has 0 saturated carbocycles. The van der Waals surface area contributed by atoms with Crippen LogP contribution in [0.25, 0.3) is 0 Å². The van der Waals surface area contributed by atoms with E-state index < -0.39 is 0 Å². The molecule has 0 aliphatic rings. The molecular weight excluding hydrogens is 240 g/mol. The molecule has 0 radical (unpaired) electrons. The molecule has 0 aromatic heterocycles. The number of aliphatic hydroxyl groups excluding tert-OH is 1. The Morgan fingerprint density at radius 1 is 1.00 bits per heavy atom. The van der Waals surface area contributed by atoms with Gasteiger partial charge >= 0.3 is 0 Å². The first-order valence-corrected chi connectivity index (χ1v) is 7.87. The maximum atomic E-state index is 8.94. The predicted molar refractivity (Wildman–Crippen MR) is 80.5 cm³/mol. The predicted octanol–water partition coefficient (Wildman–Crippen LogP) is 3.93. The number of hydrogen-bond acceptors (Lipinski definition) is 3. The molecule has 3 unspecified atom stereocenters. The summed E-state index contributed by atoms with van der Waals surface area (Å²) in [6.07, 6.45) is 7.07. The SMILES string of the molecule is CCCCCC(C)(CCC)OC(C)COC(C)CO. The minimum atomic E-state index is -0.108. The topological polar surface area (TPSA) is 38.7 Å². The lowest BCUT2D eigenvalue weighted by Gasteiger charge is -2.33. The highest BCUT2D eigenvalue weighted by molar-refractivity contribution is 4.76. The van der Waals surface area contributed by atoms with E-state index in [2.05, 4.69) is 27.7 Å². The standard InChI is InChI=1S/C16H34O3/c1-6-8-9-11-16(5,10-7-2)19-15(4)13-18-14(3)12-17/h14-15,17H,6-13H2,1-5H3. The van der Waals surface area contributed by atoms with E-state index in [0.717, 1.165) is 19.3 Å². The first kappa shape index (κ1) is 18.9. The van der Waals surface area contributed by atoms with E-state index in [9.17, 15) is 0 Å². The van der Waals surface area contributed by atoms with Gasteiger partial charge in [-0.2, -0.15) is 0 Å². The second kappa shape index (κ2) is 10.6. The molecule has 0 aliphatic heterocycles. The summed E-state index contributed by atoms with van der Waals surface area (Å²) >= 11 is 0. The Kier molecular flexibility index (Phi) is 10.6. The van der Waals surface area contributed by atoms with E-state index in [1.807, 2.05) is 6.92 Å². The van der Waals surface area contributed by atoms with Crippen LogP contribution < -0.4 is 0 Å². The van der Waals surface area contributed by atoms with Crippen LogP contribution >= 0.6 is 0 Å². The summed E-state index contributed by atoms with van der Waals surface area (Å²) in [7, 11) is 0. The van der Waals surface area contributed by atoms with Crippen molar-refractivity contribution in [1.29, 1.82) is 0 Å². The van der Waals surface area contributed by atoms with Crippen molar-refractivity contribution in [2.24, 2.45) is 0 Å². The van der Waals surface area contributed by atoms with Crippen LogP contribution in [0.1, 0.15) is 73.1 Å². The van der Waals surface area contributed by atoms with E-state index >= 15 is 0 Å². The number of hydrogen-bond donors (Lipinski definition) is 1. The Balaban J connectivity index is 4.14. The molecule has 0 heterocycles. The molecule has 0 amide bonds. The van der Waals surface area contributed by atoms with Gasteiger partial charge in [-0.25, -0.2) is 0 Å². The highest BCUT2D eigenvalue weighted by Gasteiger charge is 2.26. The lowest BCUT2D eigenvalue weighted by atomic mass is 9.93. The first-order valence-electron chi connectivity index (χ1n) is 7.87. The summed E-state index contributed by atoms with van der Waals surface area (Å²) < 4.78 is 11.7. The fraction of sp³-hybridized carbons (Fsp3) is 1.00.